The first-order valence-electron chi connectivity index (χ1n) is 14.8. The van der Waals surface area contributed by atoms with Crippen molar-refractivity contribution in [2.24, 2.45) is 0 Å². The summed E-state index contributed by atoms with van der Waals surface area (Å²) in [5.74, 6) is 2.29. The number of nitrogens with zero attached hydrogens (tertiary/aromatic N) is 1. The van der Waals surface area contributed by atoms with Crippen LogP contribution in [-0.2, 0) is 22.3 Å². The van der Waals surface area contributed by atoms with Crippen LogP contribution in [0.25, 0.3) is 0 Å². The molecule has 1 aliphatic heterocycles. The maximum atomic E-state index is 10.5. The van der Waals surface area contributed by atoms with Gasteiger partial charge in [0.2, 0.25) is 0 Å². The zero-order chi connectivity index (χ0) is 28.2. The van der Waals surface area contributed by atoms with E-state index >= 15 is 0 Å². The Kier molecular flexibility index (Phi) is 12.4. The minimum absolute atomic E-state index is 0.271. The van der Waals surface area contributed by atoms with Crippen molar-refractivity contribution < 1.29 is 28.8 Å². The molecule has 2 aromatic rings. The zero-order valence-electron chi connectivity index (χ0n) is 24.5. The molecule has 222 valence electrons. The number of hydrogen-bond acceptors (Lipinski definition) is 8. The largest absolute Gasteiger partial charge is 0.493 e. The van der Waals surface area contributed by atoms with Gasteiger partial charge in [-0.25, -0.2) is 0 Å². The minimum atomic E-state index is -0.551. The van der Waals surface area contributed by atoms with E-state index in [1.165, 1.54) is 30.4 Å². The molecule has 0 aromatic heterocycles. The second-order valence-electron chi connectivity index (χ2n) is 10.9. The van der Waals surface area contributed by atoms with Crippen molar-refractivity contribution in [3.8, 4) is 17.2 Å². The van der Waals surface area contributed by atoms with E-state index in [9.17, 15) is 5.11 Å². The molecule has 4 atom stereocenters. The second kappa shape index (κ2) is 16.2. The highest BCUT2D eigenvalue weighted by atomic mass is 16.5. The molecule has 2 aromatic carbocycles. The maximum absolute atomic E-state index is 10.5. The van der Waals surface area contributed by atoms with Crippen LogP contribution < -0.4 is 19.5 Å². The number of likely N-dealkylation sites (tertiary alicyclic amines) is 1. The Labute approximate surface area is 239 Å². The van der Waals surface area contributed by atoms with Crippen LogP contribution in [0.15, 0.2) is 42.5 Å². The fraction of sp³-hybridized carbons (Fsp3) is 0.625. The minimum Gasteiger partial charge on any atom is -0.493 e. The standard InChI is InChI=1S/C32H48N2O6/c1-36-18-15-24-8-11-28(12-9-24)40-23-27(35)21-33-26-14-17-34(22-26)29-6-4-5-7-30(29)39-19-16-25-10-13-31(37-2)32(20-25)38-3/h8-13,20,26-27,29-30,33,35H,4-7,14-19,21-23H2,1-3H3/t26-,27?,29+,30-/m1/s1. The van der Waals surface area contributed by atoms with Gasteiger partial charge in [-0.2, -0.15) is 0 Å². The van der Waals surface area contributed by atoms with Crippen LogP contribution in [0.3, 0.4) is 0 Å². The lowest BCUT2D eigenvalue weighted by Gasteiger charge is -2.38. The third-order valence-electron chi connectivity index (χ3n) is 8.13. The fourth-order valence-electron chi connectivity index (χ4n) is 5.84. The van der Waals surface area contributed by atoms with E-state index in [4.69, 9.17) is 23.7 Å². The van der Waals surface area contributed by atoms with Crippen molar-refractivity contribution in [3.05, 3.63) is 53.6 Å². The Morgan fingerprint density at radius 1 is 0.900 bits per heavy atom. The van der Waals surface area contributed by atoms with Crippen LogP contribution in [0.1, 0.15) is 43.2 Å². The van der Waals surface area contributed by atoms with Crippen LogP contribution in [-0.4, -0.2) is 95.1 Å². The lowest BCUT2D eigenvalue weighted by molar-refractivity contribution is -0.0296. The topological polar surface area (TPSA) is 81.7 Å². The summed E-state index contributed by atoms with van der Waals surface area (Å²) in [5.41, 5.74) is 2.41. The Morgan fingerprint density at radius 3 is 2.42 bits per heavy atom. The summed E-state index contributed by atoms with van der Waals surface area (Å²) in [4.78, 5) is 2.60. The predicted molar refractivity (Wildman–Crippen MR) is 157 cm³/mol. The van der Waals surface area contributed by atoms with Crippen molar-refractivity contribution in [1.82, 2.24) is 10.2 Å². The summed E-state index contributed by atoms with van der Waals surface area (Å²) < 4.78 is 28.2. The third kappa shape index (κ3) is 9.08. The Balaban J connectivity index is 1.16. The van der Waals surface area contributed by atoms with Crippen LogP contribution in [0.2, 0.25) is 0 Å². The van der Waals surface area contributed by atoms with Crippen molar-refractivity contribution in [2.45, 2.75) is 69.2 Å². The van der Waals surface area contributed by atoms with Crippen molar-refractivity contribution in [2.75, 3.05) is 60.8 Å². The van der Waals surface area contributed by atoms with E-state index in [0.29, 0.717) is 31.8 Å². The molecule has 1 aliphatic carbocycles. The third-order valence-corrected chi connectivity index (χ3v) is 8.13. The van der Waals surface area contributed by atoms with Crippen molar-refractivity contribution in [3.63, 3.8) is 0 Å². The van der Waals surface area contributed by atoms with Gasteiger partial charge in [0, 0.05) is 38.8 Å². The number of ether oxygens (including phenoxy) is 5. The summed E-state index contributed by atoms with van der Waals surface area (Å²) in [6.45, 7) is 4.28. The summed E-state index contributed by atoms with van der Waals surface area (Å²) in [6, 6.07) is 14.9. The van der Waals surface area contributed by atoms with Crippen molar-refractivity contribution in [1.29, 1.82) is 0 Å². The molecule has 1 saturated carbocycles. The van der Waals surface area contributed by atoms with Crippen LogP contribution in [0, 0.1) is 0 Å². The first kappa shape index (κ1) is 30.6. The average molecular weight is 557 g/mol. The SMILES string of the molecule is COCCc1ccc(OCC(O)CN[C@@H]2CCN([C@H]3CCCC[C@H]3OCCc3ccc(OC)c(OC)c3)C2)cc1. The molecule has 2 fully saturated rings. The average Bonchev–Trinajstić information content (AvgIpc) is 3.47. The number of aliphatic hydroxyl groups excluding tert-OH is 1. The quantitative estimate of drug-likeness (QED) is 0.323. The predicted octanol–water partition coefficient (Wildman–Crippen LogP) is 3.87. The summed E-state index contributed by atoms with van der Waals surface area (Å²) in [6.07, 6.45) is 7.35. The molecule has 0 amide bonds. The van der Waals surface area contributed by atoms with E-state index in [-0.39, 0.29) is 12.7 Å². The van der Waals surface area contributed by atoms with E-state index < -0.39 is 6.10 Å². The molecule has 4 rings (SSSR count). The van der Waals surface area contributed by atoms with Gasteiger partial charge in [0.25, 0.3) is 0 Å². The van der Waals surface area contributed by atoms with Gasteiger partial charge in [-0.05, 0) is 67.5 Å². The van der Waals surface area contributed by atoms with E-state index in [0.717, 1.165) is 56.0 Å². The Hall–Kier alpha value is -2.36. The number of rotatable bonds is 16. The van der Waals surface area contributed by atoms with Gasteiger partial charge >= 0.3 is 0 Å². The number of nitrogens with one attached hydrogen (secondary N) is 1. The Bertz CT molecular complexity index is 1000. The van der Waals surface area contributed by atoms with Gasteiger partial charge in [-0.3, -0.25) is 4.90 Å². The number of aliphatic hydroxyl groups is 1. The highest BCUT2D eigenvalue weighted by Crippen LogP contribution is 2.30. The lowest BCUT2D eigenvalue weighted by Crippen LogP contribution is -2.47. The van der Waals surface area contributed by atoms with Crippen LogP contribution in [0.4, 0.5) is 0 Å². The summed E-state index contributed by atoms with van der Waals surface area (Å²) in [5, 5.41) is 14.1. The summed E-state index contributed by atoms with van der Waals surface area (Å²) in [7, 11) is 5.04. The van der Waals surface area contributed by atoms with E-state index in [2.05, 4.69) is 16.3 Å². The molecule has 8 heteroatoms. The highest BCUT2D eigenvalue weighted by molar-refractivity contribution is 5.42. The molecule has 8 nitrogen and oxygen atoms in total. The van der Waals surface area contributed by atoms with Crippen molar-refractivity contribution >= 4 is 0 Å². The second-order valence-corrected chi connectivity index (χ2v) is 10.9. The first-order chi connectivity index (χ1) is 19.6. The lowest BCUT2D eigenvalue weighted by atomic mass is 9.91. The number of benzene rings is 2. The molecular formula is C32H48N2O6. The monoisotopic (exact) mass is 556 g/mol. The smallest absolute Gasteiger partial charge is 0.160 e. The Morgan fingerprint density at radius 2 is 1.65 bits per heavy atom. The zero-order valence-corrected chi connectivity index (χ0v) is 24.5. The molecule has 0 spiro atoms. The molecule has 1 saturated heterocycles. The van der Waals surface area contributed by atoms with Gasteiger partial charge < -0.3 is 34.1 Å². The highest BCUT2D eigenvalue weighted by Gasteiger charge is 2.35. The summed E-state index contributed by atoms with van der Waals surface area (Å²) >= 11 is 0. The molecule has 40 heavy (non-hydrogen) atoms. The normalized spacial score (nSPS) is 22.2. The number of hydrogen-bond donors (Lipinski definition) is 2. The molecule has 0 bridgehead atoms. The number of methoxy groups -OCH3 is 3. The molecule has 1 unspecified atom stereocenters. The fourth-order valence-corrected chi connectivity index (χ4v) is 5.84. The van der Waals surface area contributed by atoms with E-state index in [1.807, 2.05) is 36.4 Å². The van der Waals surface area contributed by atoms with Gasteiger partial charge in [0.1, 0.15) is 18.5 Å². The van der Waals surface area contributed by atoms with Crippen LogP contribution in [0.5, 0.6) is 17.2 Å². The van der Waals surface area contributed by atoms with Gasteiger partial charge in [-0.15, -0.1) is 0 Å². The van der Waals surface area contributed by atoms with Gasteiger partial charge in [0.15, 0.2) is 11.5 Å². The molecule has 0 radical (unpaired) electrons. The molecule has 2 N–H and O–H groups in total. The van der Waals surface area contributed by atoms with Gasteiger partial charge in [0.05, 0.1) is 33.5 Å². The molecule has 1 heterocycles. The first-order valence-corrected chi connectivity index (χ1v) is 14.8. The van der Waals surface area contributed by atoms with E-state index in [1.54, 1.807) is 21.3 Å². The molecular weight excluding hydrogens is 508 g/mol. The van der Waals surface area contributed by atoms with Gasteiger partial charge in [-0.1, -0.05) is 31.0 Å². The van der Waals surface area contributed by atoms with Crippen LogP contribution >= 0.6 is 0 Å². The maximum Gasteiger partial charge on any atom is 0.160 e. The molecule has 2 aliphatic rings.